The first kappa shape index (κ1) is 24.9. The number of rotatable bonds is 6. The van der Waals surface area contributed by atoms with Crippen molar-refractivity contribution in [2.24, 2.45) is 0 Å². The maximum atomic E-state index is 9.87. The van der Waals surface area contributed by atoms with Gasteiger partial charge in [-0.3, -0.25) is 0 Å². The van der Waals surface area contributed by atoms with Crippen molar-refractivity contribution in [3.05, 3.63) is 24.3 Å². The van der Waals surface area contributed by atoms with Gasteiger partial charge in [0.25, 0.3) is 0 Å². The number of benzene rings is 1. The molecule has 1 heterocycles. The van der Waals surface area contributed by atoms with E-state index in [-0.39, 0.29) is 0 Å². The molecule has 0 amide bonds. The van der Waals surface area contributed by atoms with Gasteiger partial charge in [0.1, 0.15) is 5.52 Å². The van der Waals surface area contributed by atoms with E-state index in [0.29, 0.717) is 6.73 Å². The van der Waals surface area contributed by atoms with Gasteiger partial charge >= 0.3 is 40.9 Å². The number of aromatic nitrogens is 3. The van der Waals surface area contributed by atoms with Crippen molar-refractivity contribution in [2.45, 2.75) is 6.73 Å². The van der Waals surface area contributed by atoms with E-state index in [1.54, 1.807) is 4.68 Å². The van der Waals surface area contributed by atoms with Crippen LogP contribution in [-0.2, 0) is 11.3 Å². The van der Waals surface area contributed by atoms with Crippen molar-refractivity contribution < 1.29 is 29.7 Å². The SMILES string of the molecule is CN(C)[P+](OCn1nnc2ccccc21)(N(C)C)N(C)C.F[P-](F)(F)(F)(F)F. The van der Waals surface area contributed by atoms with Crippen LogP contribution in [0.25, 0.3) is 11.0 Å². The van der Waals surface area contributed by atoms with Crippen LogP contribution in [0.4, 0.5) is 25.2 Å². The van der Waals surface area contributed by atoms with Crippen molar-refractivity contribution in [3.8, 4) is 0 Å². The average molecular weight is 456 g/mol. The molecule has 1 aromatic carbocycles. The van der Waals surface area contributed by atoms with E-state index in [2.05, 4.69) is 24.3 Å². The van der Waals surface area contributed by atoms with Crippen LogP contribution in [0.15, 0.2) is 24.3 Å². The molecular formula is C13H24F6N6OP2. The van der Waals surface area contributed by atoms with Gasteiger partial charge in [0.15, 0.2) is 6.73 Å². The van der Waals surface area contributed by atoms with E-state index >= 15 is 0 Å². The normalized spacial score (nSPS) is 15.5. The molecule has 164 valence electrons. The Morgan fingerprint density at radius 2 is 1.32 bits per heavy atom. The molecule has 0 atom stereocenters. The van der Waals surface area contributed by atoms with Gasteiger partial charge in [-0.1, -0.05) is 17.3 Å². The summed E-state index contributed by atoms with van der Waals surface area (Å²) < 4.78 is 73.7. The van der Waals surface area contributed by atoms with Gasteiger partial charge in [0.05, 0.1) is 5.52 Å². The molecule has 1 aromatic heterocycles. The molecule has 0 N–H and O–H groups in total. The number of fused-ring (bicyclic) bond motifs is 1. The zero-order valence-corrected chi connectivity index (χ0v) is 18.1. The molecule has 0 unspecified atom stereocenters. The van der Waals surface area contributed by atoms with Gasteiger partial charge in [-0.25, -0.2) is 4.68 Å². The molecule has 0 spiro atoms. The van der Waals surface area contributed by atoms with E-state index < -0.39 is 15.8 Å². The fraction of sp³-hybridized carbons (Fsp3) is 0.538. The Balaban J connectivity index is 0.000000480. The Bertz CT molecular complexity index is 762. The molecule has 2 rings (SSSR count). The Morgan fingerprint density at radius 1 is 0.893 bits per heavy atom. The third-order valence-corrected chi connectivity index (χ3v) is 6.92. The summed E-state index contributed by atoms with van der Waals surface area (Å²) in [5, 5.41) is 8.34. The minimum absolute atomic E-state index is 0.364. The predicted octanol–water partition coefficient (Wildman–Crippen LogP) is 5.15. The number of hydrogen-bond donors (Lipinski definition) is 0. The monoisotopic (exact) mass is 456 g/mol. The second-order valence-electron chi connectivity index (χ2n) is 6.35. The van der Waals surface area contributed by atoms with Crippen molar-refractivity contribution in [2.75, 3.05) is 42.3 Å². The Labute approximate surface area is 159 Å². The third-order valence-electron chi connectivity index (χ3n) is 3.34. The average Bonchev–Trinajstić information content (AvgIpc) is 2.87. The zero-order valence-electron chi connectivity index (χ0n) is 16.3. The van der Waals surface area contributed by atoms with E-state index in [1.807, 2.05) is 66.6 Å². The fourth-order valence-corrected chi connectivity index (χ4v) is 5.67. The van der Waals surface area contributed by atoms with Gasteiger partial charge in [0.2, 0.25) is 0 Å². The molecule has 0 aliphatic heterocycles. The van der Waals surface area contributed by atoms with Gasteiger partial charge in [-0.2, -0.15) is 4.52 Å². The number of hydrogen-bond acceptors (Lipinski definition) is 6. The second kappa shape index (κ2) is 7.62. The first-order valence-electron chi connectivity index (χ1n) is 7.76. The zero-order chi connectivity index (χ0) is 22.0. The van der Waals surface area contributed by atoms with Crippen LogP contribution in [0.2, 0.25) is 0 Å². The molecule has 0 bridgehead atoms. The molecule has 0 fully saturated rings. The molecular weight excluding hydrogens is 432 g/mol. The summed E-state index contributed by atoms with van der Waals surface area (Å²) >= 11 is 0. The summed E-state index contributed by atoms with van der Waals surface area (Å²) in [7, 11) is -0.467. The van der Waals surface area contributed by atoms with Crippen molar-refractivity contribution in [1.29, 1.82) is 0 Å². The fourth-order valence-electron chi connectivity index (χ4n) is 2.56. The molecule has 2 aromatic rings. The Morgan fingerprint density at radius 3 is 1.75 bits per heavy atom. The van der Waals surface area contributed by atoms with Gasteiger partial charge in [0, 0.05) is 42.3 Å². The summed E-state index contributed by atoms with van der Waals surface area (Å²) in [6.45, 7) is 0.364. The Hall–Kier alpha value is -1.10. The Kier molecular flexibility index (Phi) is 6.79. The van der Waals surface area contributed by atoms with E-state index in [4.69, 9.17) is 4.52 Å². The molecule has 0 radical (unpaired) electrons. The van der Waals surface area contributed by atoms with E-state index in [1.165, 1.54) is 0 Å². The van der Waals surface area contributed by atoms with Gasteiger partial charge < -0.3 is 0 Å². The molecule has 0 saturated heterocycles. The molecule has 0 aliphatic rings. The number of nitrogens with zero attached hydrogens (tertiary/aromatic N) is 6. The minimum atomic E-state index is -10.7. The molecule has 28 heavy (non-hydrogen) atoms. The topological polar surface area (TPSA) is 49.7 Å². The standard InChI is InChI=1S/C13H24N6OP.F6P/c1-16(2)21(17(3)4,18(5)6)20-11-19-13-10-8-7-9-12(13)14-15-19;1-7(2,3,4,5)6/h7-10H,11H2,1-6H3;/q+1;-1. The molecule has 15 heteroatoms. The molecule has 0 aliphatic carbocycles. The predicted molar refractivity (Wildman–Crippen MR) is 100 cm³/mol. The summed E-state index contributed by atoms with van der Waals surface area (Å²) in [4.78, 5) is 0. The molecule has 7 nitrogen and oxygen atoms in total. The van der Waals surface area contributed by atoms with E-state index in [9.17, 15) is 25.2 Å². The molecule has 0 saturated carbocycles. The van der Waals surface area contributed by atoms with Crippen LogP contribution in [0.3, 0.4) is 0 Å². The first-order chi connectivity index (χ1) is 12.3. The van der Waals surface area contributed by atoms with Crippen molar-refractivity contribution >= 4 is 26.8 Å². The van der Waals surface area contributed by atoms with Crippen LogP contribution >= 0.6 is 15.8 Å². The quantitative estimate of drug-likeness (QED) is 0.443. The van der Waals surface area contributed by atoms with Crippen LogP contribution < -0.4 is 0 Å². The summed E-state index contributed by atoms with van der Waals surface area (Å²) in [6, 6.07) is 7.89. The summed E-state index contributed by atoms with van der Waals surface area (Å²) in [5.74, 6) is 0. The second-order valence-corrected chi connectivity index (χ2v) is 12.0. The van der Waals surface area contributed by atoms with Crippen LogP contribution in [-0.4, -0.2) is 71.3 Å². The summed E-state index contributed by atoms with van der Waals surface area (Å²) in [5.41, 5.74) is 1.86. The number of para-hydroxylation sites is 1. The van der Waals surface area contributed by atoms with Gasteiger partial charge in [-0.15, -0.1) is 19.1 Å². The summed E-state index contributed by atoms with van der Waals surface area (Å²) in [6.07, 6.45) is 0. The van der Waals surface area contributed by atoms with Crippen molar-refractivity contribution in [3.63, 3.8) is 0 Å². The number of halogens is 6. The van der Waals surface area contributed by atoms with Gasteiger partial charge in [-0.05, 0) is 12.1 Å². The van der Waals surface area contributed by atoms with Crippen LogP contribution in [0, 0.1) is 0 Å². The van der Waals surface area contributed by atoms with Crippen LogP contribution in [0.5, 0.6) is 0 Å². The maximum absolute atomic E-state index is 10.7. The van der Waals surface area contributed by atoms with E-state index in [0.717, 1.165) is 11.0 Å². The first-order valence-corrected chi connectivity index (χ1v) is 11.4. The van der Waals surface area contributed by atoms with Crippen molar-refractivity contribution in [1.82, 2.24) is 29.0 Å². The third kappa shape index (κ3) is 7.73. The van der Waals surface area contributed by atoms with Crippen LogP contribution in [0.1, 0.15) is 0 Å².